The average Bonchev–Trinajstić information content (AvgIpc) is 2.81. The van der Waals surface area contributed by atoms with E-state index in [0.717, 1.165) is 0 Å². The van der Waals surface area contributed by atoms with Gasteiger partial charge in [0, 0.05) is 25.4 Å². The first-order valence-corrected chi connectivity index (χ1v) is 5.80. The van der Waals surface area contributed by atoms with E-state index >= 15 is 0 Å². The topological polar surface area (TPSA) is 59.5 Å². The van der Waals surface area contributed by atoms with Crippen molar-refractivity contribution in [3.05, 3.63) is 16.6 Å². The van der Waals surface area contributed by atoms with Gasteiger partial charge in [0.15, 0.2) is 0 Å². The predicted octanol–water partition coefficient (Wildman–Crippen LogP) is 1.17. The number of rotatable bonds is 5. The Balaban J connectivity index is 2.33. The van der Waals surface area contributed by atoms with E-state index in [-0.39, 0.29) is 11.9 Å². The predicted molar refractivity (Wildman–Crippen MR) is 60.3 cm³/mol. The van der Waals surface area contributed by atoms with Crippen LogP contribution in [0.15, 0.2) is 10.9 Å². The Morgan fingerprint density at radius 3 is 2.88 bits per heavy atom. The monoisotopic (exact) mass is 242 g/mol. The minimum Gasteiger partial charge on any atom is -0.469 e. The highest BCUT2D eigenvalue weighted by Gasteiger charge is 2.13. The molecule has 1 aromatic heterocycles. The molecule has 0 unspecified atom stereocenters. The van der Waals surface area contributed by atoms with Gasteiger partial charge in [-0.2, -0.15) is 0 Å². The lowest BCUT2D eigenvalue weighted by Gasteiger charge is -2.15. The number of carbonyl (C=O) groups is 2. The normalized spacial score (nSPS) is 9.88. The molecule has 0 saturated heterocycles. The van der Waals surface area contributed by atoms with Crippen LogP contribution in [0.4, 0.5) is 0 Å². The molecule has 1 rings (SSSR count). The van der Waals surface area contributed by atoms with Crippen LogP contribution in [0, 0.1) is 0 Å². The van der Waals surface area contributed by atoms with Crippen LogP contribution in [0.2, 0.25) is 0 Å². The van der Waals surface area contributed by atoms with Crippen molar-refractivity contribution in [2.24, 2.45) is 0 Å². The van der Waals surface area contributed by atoms with E-state index in [1.54, 1.807) is 22.8 Å². The van der Waals surface area contributed by atoms with Crippen LogP contribution in [0.5, 0.6) is 0 Å². The molecule has 5 nitrogen and oxygen atoms in total. The third-order valence-electron chi connectivity index (χ3n) is 2.10. The van der Waals surface area contributed by atoms with Crippen molar-refractivity contribution in [2.75, 3.05) is 20.7 Å². The SMILES string of the molecule is COC(=O)CCCN(C)C(=O)c1cscn1. The summed E-state index contributed by atoms with van der Waals surface area (Å²) in [6, 6.07) is 0. The van der Waals surface area contributed by atoms with E-state index in [1.807, 2.05) is 0 Å². The summed E-state index contributed by atoms with van der Waals surface area (Å²) >= 11 is 1.38. The van der Waals surface area contributed by atoms with Gasteiger partial charge >= 0.3 is 5.97 Å². The van der Waals surface area contributed by atoms with E-state index in [1.165, 1.54) is 18.4 Å². The highest BCUT2D eigenvalue weighted by molar-refractivity contribution is 7.07. The van der Waals surface area contributed by atoms with Crippen LogP contribution < -0.4 is 0 Å². The first-order valence-electron chi connectivity index (χ1n) is 4.85. The maximum atomic E-state index is 11.7. The fourth-order valence-corrected chi connectivity index (χ4v) is 1.70. The summed E-state index contributed by atoms with van der Waals surface area (Å²) in [5.41, 5.74) is 2.07. The number of amides is 1. The molecule has 1 aromatic rings. The molecule has 1 amide bonds. The number of hydrogen-bond donors (Lipinski definition) is 0. The van der Waals surface area contributed by atoms with Crippen LogP contribution in [0.1, 0.15) is 23.3 Å². The molecule has 1 heterocycles. The summed E-state index contributed by atoms with van der Waals surface area (Å²) in [7, 11) is 3.05. The second-order valence-corrected chi connectivity index (χ2v) is 4.00. The number of esters is 1. The summed E-state index contributed by atoms with van der Waals surface area (Å²) in [6.07, 6.45) is 0.921. The first-order chi connectivity index (χ1) is 7.65. The van der Waals surface area contributed by atoms with Crippen LogP contribution in [0.3, 0.4) is 0 Å². The number of hydrogen-bond acceptors (Lipinski definition) is 5. The van der Waals surface area contributed by atoms with Crippen molar-refractivity contribution < 1.29 is 14.3 Å². The van der Waals surface area contributed by atoms with Gasteiger partial charge in [-0.3, -0.25) is 9.59 Å². The standard InChI is InChI=1S/C10H14N2O3S/c1-12(5-3-4-9(13)15-2)10(14)8-6-16-7-11-8/h6-7H,3-5H2,1-2H3. The van der Waals surface area contributed by atoms with Crippen molar-refractivity contribution in [1.82, 2.24) is 9.88 Å². The number of thiazole rings is 1. The van der Waals surface area contributed by atoms with Gasteiger partial charge in [-0.05, 0) is 6.42 Å². The largest absolute Gasteiger partial charge is 0.469 e. The van der Waals surface area contributed by atoms with Gasteiger partial charge in [0.2, 0.25) is 0 Å². The number of methoxy groups -OCH3 is 1. The third kappa shape index (κ3) is 3.62. The Labute approximate surface area is 98.0 Å². The zero-order chi connectivity index (χ0) is 12.0. The van der Waals surface area contributed by atoms with E-state index in [9.17, 15) is 9.59 Å². The van der Waals surface area contributed by atoms with Gasteiger partial charge in [0.05, 0.1) is 12.6 Å². The molecular formula is C10H14N2O3S. The smallest absolute Gasteiger partial charge is 0.305 e. The lowest BCUT2D eigenvalue weighted by molar-refractivity contribution is -0.140. The lowest BCUT2D eigenvalue weighted by atomic mass is 10.3. The molecule has 0 aliphatic heterocycles. The molecule has 0 aliphatic carbocycles. The Morgan fingerprint density at radius 1 is 1.56 bits per heavy atom. The molecular weight excluding hydrogens is 228 g/mol. The molecule has 0 saturated carbocycles. The number of ether oxygens (including phenoxy) is 1. The second-order valence-electron chi connectivity index (χ2n) is 3.28. The molecule has 0 spiro atoms. The van der Waals surface area contributed by atoms with E-state index < -0.39 is 0 Å². The van der Waals surface area contributed by atoms with Crippen molar-refractivity contribution in [1.29, 1.82) is 0 Å². The fourth-order valence-electron chi connectivity index (χ4n) is 1.18. The highest BCUT2D eigenvalue weighted by Crippen LogP contribution is 2.05. The molecule has 0 aliphatic rings. The minimum atomic E-state index is -0.255. The third-order valence-corrected chi connectivity index (χ3v) is 2.69. The Morgan fingerprint density at radius 2 is 2.31 bits per heavy atom. The van der Waals surface area contributed by atoms with E-state index in [0.29, 0.717) is 25.1 Å². The lowest BCUT2D eigenvalue weighted by Crippen LogP contribution is -2.28. The zero-order valence-electron chi connectivity index (χ0n) is 9.30. The zero-order valence-corrected chi connectivity index (χ0v) is 10.1. The van der Waals surface area contributed by atoms with Crippen LogP contribution in [0.25, 0.3) is 0 Å². The van der Waals surface area contributed by atoms with E-state index in [2.05, 4.69) is 9.72 Å². The molecule has 0 atom stereocenters. The Bertz CT molecular complexity index is 351. The number of nitrogens with zero attached hydrogens (tertiary/aromatic N) is 2. The van der Waals surface area contributed by atoms with Crippen molar-refractivity contribution in [3.8, 4) is 0 Å². The number of carbonyl (C=O) groups excluding carboxylic acids is 2. The van der Waals surface area contributed by atoms with Crippen molar-refractivity contribution >= 4 is 23.2 Å². The van der Waals surface area contributed by atoms with Crippen molar-refractivity contribution in [3.63, 3.8) is 0 Å². The van der Waals surface area contributed by atoms with Crippen LogP contribution in [-0.4, -0.2) is 42.5 Å². The molecule has 0 aromatic carbocycles. The van der Waals surface area contributed by atoms with Gasteiger partial charge in [0.1, 0.15) is 5.69 Å². The fraction of sp³-hybridized carbons (Fsp3) is 0.500. The van der Waals surface area contributed by atoms with Gasteiger partial charge in [0.25, 0.3) is 5.91 Å². The summed E-state index contributed by atoms with van der Waals surface area (Å²) in [5, 5.41) is 1.71. The number of aromatic nitrogens is 1. The summed E-state index contributed by atoms with van der Waals surface area (Å²) < 4.78 is 4.51. The molecule has 6 heteroatoms. The first kappa shape index (κ1) is 12.6. The van der Waals surface area contributed by atoms with Crippen molar-refractivity contribution in [2.45, 2.75) is 12.8 Å². The average molecular weight is 242 g/mol. The van der Waals surface area contributed by atoms with Gasteiger partial charge in [-0.1, -0.05) is 0 Å². The summed E-state index contributed by atoms with van der Waals surface area (Å²) in [6.45, 7) is 0.519. The van der Waals surface area contributed by atoms with Gasteiger partial charge in [-0.25, -0.2) is 4.98 Å². The van der Waals surface area contributed by atoms with E-state index in [4.69, 9.17) is 0 Å². The summed E-state index contributed by atoms with van der Waals surface area (Å²) in [4.78, 5) is 28.0. The molecule has 88 valence electrons. The quantitative estimate of drug-likeness (QED) is 0.727. The van der Waals surface area contributed by atoms with Crippen LogP contribution >= 0.6 is 11.3 Å². The Kier molecular flexibility index (Phi) is 4.91. The van der Waals surface area contributed by atoms with Gasteiger partial charge in [-0.15, -0.1) is 11.3 Å². The Hall–Kier alpha value is -1.43. The highest BCUT2D eigenvalue weighted by atomic mass is 32.1. The minimum absolute atomic E-state index is 0.119. The van der Waals surface area contributed by atoms with Crippen LogP contribution in [-0.2, 0) is 9.53 Å². The molecule has 0 N–H and O–H groups in total. The maximum absolute atomic E-state index is 11.7. The summed E-state index contributed by atoms with van der Waals surface area (Å²) in [5.74, 6) is -0.374. The second kappa shape index (κ2) is 6.22. The molecule has 0 radical (unpaired) electrons. The molecule has 16 heavy (non-hydrogen) atoms. The van der Waals surface area contributed by atoms with Gasteiger partial charge < -0.3 is 9.64 Å². The maximum Gasteiger partial charge on any atom is 0.305 e. The molecule has 0 fully saturated rings. The molecule has 0 bridgehead atoms.